The number of hydrogen-bond donors (Lipinski definition) is 1. The summed E-state index contributed by atoms with van der Waals surface area (Å²) < 4.78 is 5.43. The number of ether oxygens (including phenoxy) is 1. The largest absolute Gasteiger partial charge is 0.496 e. The Morgan fingerprint density at radius 1 is 0.970 bits per heavy atom. The molecule has 1 aliphatic carbocycles. The molecule has 0 radical (unpaired) electrons. The Balaban J connectivity index is 1.35. The molecule has 2 aromatic carbocycles. The molecule has 1 N–H and O–H groups in total. The van der Waals surface area contributed by atoms with Crippen molar-refractivity contribution < 1.29 is 14.3 Å². The van der Waals surface area contributed by atoms with Gasteiger partial charge in [-0.05, 0) is 48.9 Å². The van der Waals surface area contributed by atoms with Crippen molar-refractivity contribution in [3.8, 4) is 5.75 Å². The summed E-state index contributed by atoms with van der Waals surface area (Å²) in [7, 11) is 1.68. The summed E-state index contributed by atoms with van der Waals surface area (Å²) in [5, 5.41) is 3.20. The number of para-hydroxylation sites is 1. The number of benzene rings is 2. The molecule has 1 atom stereocenters. The quantitative estimate of drug-likeness (QED) is 0.671. The van der Waals surface area contributed by atoms with Gasteiger partial charge in [0.2, 0.25) is 5.91 Å². The molecule has 0 bridgehead atoms. The fourth-order valence-corrected chi connectivity index (χ4v) is 5.25. The maximum atomic E-state index is 13.3. The van der Waals surface area contributed by atoms with E-state index in [1.807, 2.05) is 59.5 Å². The van der Waals surface area contributed by atoms with Crippen LogP contribution in [-0.2, 0) is 11.2 Å². The molecule has 1 saturated carbocycles. The van der Waals surface area contributed by atoms with Crippen molar-refractivity contribution in [1.82, 2.24) is 15.1 Å². The first-order valence-corrected chi connectivity index (χ1v) is 12.2. The number of rotatable bonds is 8. The molecule has 4 rings (SSSR count). The van der Waals surface area contributed by atoms with Gasteiger partial charge in [-0.1, -0.05) is 49.2 Å². The molecule has 1 aliphatic heterocycles. The number of piperazine rings is 1. The van der Waals surface area contributed by atoms with Gasteiger partial charge in [-0.25, -0.2) is 0 Å². The molecule has 33 heavy (non-hydrogen) atoms. The lowest BCUT2D eigenvalue weighted by Gasteiger charge is -2.40. The van der Waals surface area contributed by atoms with E-state index in [1.165, 1.54) is 12.8 Å². The van der Waals surface area contributed by atoms with Crippen LogP contribution in [0.5, 0.6) is 5.75 Å². The fourth-order valence-electron chi connectivity index (χ4n) is 5.25. The third-order valence-corrected chi connectivity index (χ3v) is 7.02. The predicted molar refractivity (Wildman–Crippen MR) is 129 cm³/mol. The van der Waals surface area contributed by atoms with E-state index in [9.17, 15) is 9.59 Å². The Kier molecular flexibility index (Phi) is 8.00. The summed E-state index contributed by atoms with van der Waals surface area (Å²) in [6.07, 6.45) is 5.35. The van der Waals surface area contributed by atoms with Crippen molar-refractivity contribution >= 4 is 11.8 Å². The topological polar surface area (TPSA) is 61.9 Å². The highest BCUT2D eigenvalue weighted by Gasteiger charge is 2.37. The van der Waals surface area contributed by atoms with E-state index in [0.29, 0.717) is 25.6 Å². The highest BCUT2D eigenvalue weighted by atomic mass is 16.5. The molecule has 6 heteroatoms. The average Bonchev–Trinajstić information content (AvgIpc) is 3.39. The molecule has 0 aromatic heterocycles. The van der Waals surface area contributed by atoms with Gasteiger partial charge in [0.05, 0.1) is 13.2 Å². The predicted octanol–water partition coefficient (Wildman–Crippen LogP) is 3.37. The zero-order valence-corrected chi connectivity index (χ0v) is 19.5. The zero-order chi connectivity index (χ0) is 23.0. The lowest BCUT2D eigenvalue weighted by molar-refractivity contribution is -0.129. The fraction of sp³-hybridized carbons (Fsp3) is 0.481. The van der Waals surface area contributed by atoms with Gasteiger partial charge in [0, 0.05) is 38.3 Å². The number of hydrogen-bond acceptors (Lipinski definition) is 4. The van der Waals surface area contributed by atoms with Crippen molar-refractivity contribution in [3.05, 3.63) is 65.7 Å². The van der Waals surface area contributed by atoms with Gasteiger partial charge < -0.3 is 15.0 Å². The minimum Gasteiger partial charge on any atom is -0.496 e. The Bertz CT molecular complexity index is 919. The standard InChI is InChI=1S/C27H35N3O3/c1-33-24-14-8-7-9-21(24)15-16-28-26(31)25(22-10-5-6-11-22)29-17-19-30(20-18-29)27(32)23-12-3-2-4-13-23/h2-4,7-9,12-14,22,25H,5-6,10-11,15-20H2,1H3,(H,28,31). The number of amides is 2. The smallest absolute Gasteiger partial charge is 0.253 e. The molecule has 176 valence electrons. The molecule has 1 saturated heterocycles. The zero-order valence-electron chi connectivity index (χ0n) is 19.5. The monoisotopic (exact) mass is 449 g/mol. The minimum atomic E-state index is -0.112. The SMILES string of the molecule is COc1ccccc1CCNC(=O)C(C1CCCC1)N1CCN(C(=O)c2ccccc2)CC1. The van der Waals surface area contributed by atoms with Crippen LogP contribution in [0.2, 0.25) is 0 Å². The Hall–Kier alpha value is -2.86. The summed E-state index contributed by atoms with van der Waals surface area (Å²) in [6, 6.07) is 17.3. The molecule has 2 aromatic rings. The summed E-state index contributed by atoms with van der Waals surface area (Å²) in [4.78, 5) is 30.4. The molecule has 6 nitrogen and oxygen atoms in total. The van der Waals surface area contributed by atoms with E-state index in [-0.39, 0.29) is 17.9 Å². The van der Waals surface area contributed by atoms with E-state index in [0.717, 1.165) is 49.2 Å². The molecular formula is C27H35N3O3. The van der Waals surface area contributed by atoms with Crippen molar-refractivity contribution in [2.75, 3.05) is 39.8 Å². The normalized spacial score (nSPS) is 18.2. The van der Waals surface area contributed by atoms with Gasteiger partial charge >= 0.3 is 0 Å². The van der Waals surface area contributed by atoms with E-state index in [2.05, 4.69) is 10.2 Å². The number of carbonyl (C=O) groups is 2. The first-order chi connectivity index (χ1) is 16.2. The highest BCUT2D eigenvalue weighted by molar-refractivity contribution is 5.94. The van der Waals surface area contributed by atoms with Crippen molar-refractivity contribution in [2.45, 2.75) is 38.1 Å². The molecular weight excluding hydrogens is 414 g/mol. The minimum absolute atomic E-state index is 0.0777. The van der Waals surface area contributed by atoms with Gasteiger partial charge in [0.25, 0.3) is 5.91 Å². The maximum Gasteiger partial charge on any atom is 0.253 e. The third kappa shape index (κ3) is 5.74. The second-order valence-electron chi connectivity index (χ2n) is 9.04. The second kappa shape index (κ2) is 11.3. The maximum absolute atomic E-state index is 13.3. The first kappa shape index (κ1) is 23.3. The summed E-state index contributed by atoms with van der Waals surface area (Å²) in [5.74, 6) is 1.46. The van der Waals surface area contributed by atoms with Gasteiger partial charge in [0.15, 0.2) is 0 Å². The average molecular weight is 450 g/mol. The van der Waals surface area contributed by atoms with E-state index in [4.69, 9.17) is 4.74 Å². The van der Waals surface area contributed by atoms with Gasteiger partial charge in [-0.3, -0.25) is 14.5 Å². The van der Waals surface area contributed by atoms with Crippen LogP contribution in [-0.4, -0.2) is 67.5 Å². The lowest BCUT2D eigenvalue weighted by Crippen LogP contribution is -2.58. The number of carbonyl (C=O) groups excluding carboxylic acids is 2. The molecule has 2 aliphatic rings. The van der Waals surface area contributed by atoms with Crippen LogP contribution in [0.15, 0.2) is 54.6 Å². The van der Waals surface area contributed by atoms with Crippen LogP contribution in [0, 0.1) is 5.92 Å². The van der Waals surface area contributed by atoms with E-state index in [1.54, 1.807) is 7.11 Å². The van der Waals surface area contributed by atoms with Crippen LogP contribution in [0.3, 0.4) is 0 Å². The van der Waals surface area contributed by atoms with Crippen LogP contribution in [0.1, 0.15) is 41.6 Å². The lowest BCUT2D eigenvalue weighted by atomic mass is 9.94. The second-order valence-corrected chi connectivity index (χ2v) is 9.04. The number of nitrogens with zero attached hydrogens (tertiary/aromatic N) is 2. The number of methoxy groups -OCH3 is 1. The molecule has 2 fully saturated rings. The van der Waals surface area contributed by atoms with Crippen LogP contribution in [0.4, 0.5) is 0 Å². The van der Waals surface area contributed by atoms with Gasteiger partial charge in [0.1, 0.15) is 5.75 Å². The Labute approximate surface area is 196 Å². The molecule has 1 unspecified atom stereocenters. The van der Waals surface area contributed by atoms with Gasteiger partial charge in [-0.2, -0.15) is 0 Å². The molecule has 0 spiro atoms. The first-order valence-electron chi connectivity index (χ1n) is 12.2. The van der Waals surface area contributed by atoms with E-state index < -0.39 is 0 Å². The van der Waals surface area contributed by atoms with Gasteiger partial charge in [-0.15, -0.1) is 0 Å². The number of nitrogens with one attached hydrogen (secondary N) is 1. The molecule has 1 heterocycles. The van der Waals surface area contributed by atoms with E-state index >= 15 is 0 Å². The summed E-state index contributed by atoms with van der Waals surface area (Å²) in [6.45, 7) is 3.38. The third-order valence-electron chi connectivity index (χ3n) is 7.02. The molecule has 2 amide bonds. The van der Waals surface area contributed by atoms with Crippen LogP contribution < -0.4 is 10.1 Å². The van der Waals surface area contributed by atoms with Crippen molar-refractivity contribution in [3.63, 3.8) is 0 Å². The summed E-state index contributed by atoms with van der Waals surface area (Å²) in [5.41, 5.74) is 1.83. The highest BCUT2D eigenvalue weighted by Crippen LogP contribution is 2.31. The van der Waals surface area contributed by atoms with Crippen molar-refractivity contribution in [2.24, 2.45) is 5.92 Å². The van der Waals surface area contributed by atoms with Crippen LogP contribution in [0.25, 0.3) is 0 Å². The van der Waals surface area contributed by atoms with Crippen LogP contribution >= 0.6 is 0 Å². The summed E-state index contributed by atoms with van der Waals surface area (Å²) >= 11 is 0. The Morgan fingerprint density at radius 2 is 1.64 bits per heavy atom. The Morgan fingerprint density at radius 3 is 2.33 bits per heavy atom. The van der Waals surface area contributed by atoms with Crippen molar-refractivity contribution in [1.29, 1.82) is 0 Å².